The molecule has 2 nitrogen and oxygen atoms in total. The third-order valence-corrected chi connectivity index (χ3v) is 2.66. The Morgan fingerprint density at radius 3 is 2.47 bits per heavy atom. The van der Waals surface area contributed by atoms with Crippen molar-refractivity contribution < 1.29 is 18.7 Å². The standard InChI is InChI=1S/C11H10F2O2/c12-8-4-3-7(5-9(8)13)10(11(14)15)6-1-2-6/h3-6,10H,1-2H2,(H,14,15). The van der Waals surface area contributed by atoms with Gasteiger partial charge in [0.25, 0.3) is 0 Å². The summed E-state index contributed by atoms with van der Waals surface area (Å²) in [6.45, 7) is 0. The van der Waals surface area contributed by atoms with E-state index in [2.05, 4.69) is 0 Å². The number of rotatable bonds is 3. The zero-order valence-electron chi connectivity index (χ0n) is 7.91. The molecule has 1 fully saturated rings. The maximum absolute atomic E-state index is 12.9. The van der Waals surface area contributed by atoms with Gasteiger partial charge in [-0.15, -0.1) is 0 Å². The van der Waals surface area contributed by atoms with E-state index in [0.717, 1.165) is 25.0 Å². The smallest absolute Gasteiger partial charge is 0.311 e. The summed E-state index contributed by atoms with van der Waals surface area (Å²) >= 11 is 0. The fourth-order valence-electron chi connectivity index (χ4n) is 1.75. The fourth-order valence-corrected chi connectivity index (χ4v) is 1.75. The number of carbonyl (C=O) groups is 1. The maximum Gasteiger partial charge on any atom is 0.311 e. The molecular weight excluding hydrogens is 202 g/mol. The summed E-state index contributed by atoms with van der Waals surface area (Å²) in [6, 6.07) is 3.30. The average Bonchev–Trinajstić information content (AvgIpc) is 2.95. The molecule has 0 amide bonds. The monoisotopic (exact) mass is 212 g/mol. The van der Waals surface area contributed by atoms with Crippen LogP contribution in [0.4, 0.5) is 8.78 Å². The minimum atomic E-state index is -0.987. The van der Waals surface area contributed by atoms with Crippen molar-refractivity contribution in [1.29, 1.82) is 0 Å². The number of aliphatic carboxylic acids is 1. The van der Waals surface area contributed by atoms with Crippen molar-refractivity contribution in [3.8, 4) is 0 Å². The second kappa shape index (κ2) is 3.61. The normalized spacial score (nSPS) is 17.5. The van der Waals surface area contributed by atoms with Crippen LogP contribution < -0.4 is 0 Å². The van der Waals surface area contributed by atoms with Crippen molar-refractivity contribution in [2.45, 2.75) is 18.8 Å². The summed E-state index contributed by atoms with van der Waals surface area (Å²) in [7, 11) is 0. The molecule has 1 N–H and O–H groups in total. The first-order valence-electron chi connectivity index (χ1n) is 4.77. The van der Waals surface area contributed by atoms with E-state index in [9.17, 15) is 13.6 Å². The van der Waals surface area contributed by atoms with Gasteiger partial charge >= 0.3 is 5.97 Å². The zero-order valence-corrected chi connectivity index (χ0v) is 7.91. The van der Waals surface area contributed by atoms with Crippen LogP contribution >= 0.6 is 0 Å². The molecule has 0 aromatic heterocycles. The zero-order chi connectivity index (χ0) is 11.0. The van der Waals surface area contributed by atoms with Gasteiger partial charge in [0.05, 0.1) is 5.92 Å². The van der Waals surface area contributed by atoms with Gasteiger partial charge in [-0.1, -0.05) is 6.07 Å². The van der Waals surface area contributed by atoms with Crippen LogP contribution in [-0.4, -0.2) is 11.1 Å². The molecular formula is C11H10F2O2. The fraction of sp³-hybridized carbons (Fsp3) is 0.364. The summed E-state index contributed by atoms with van der Waals surface area (Å²) in [5.74, 6) is -3.52. The first-order valence-corrected chi connectivity index (χ1v) is 4.77. The van der Waals surface area contributed by atoms with Crippen molar-refractivity contribution in [2.24, 2.45) is 5.92 Å². The molecule has 0 aliphatic heterocycles. The summed E-state index contributed by atoms with van der Waals surface area (Å²) in [5, 5.41) is 8.98. The van der Waals surface area contributed by atoms with Gasteiger partial charge in [0, 0.05) is 0 Å². The molecule has 1 saturated carbocycles. The number of benzene rings is 1. The molecule has 1 aliphatic rings. The Morgan fingerprint density at radius 1 is 1.33 bits per heavy atom. The molecule has 1 aromatic rings. The second-order valence-electron chi connectivity index (χ2n) is 3.83. The number of halogens is 2. The lowest BCUT2D eigenvalue weighted by Gasteiger charge is -2.11. The van der Waals surface area contributed by atoms with E-state index in [4.69, 9.17) is 5.11 Å². The van der Waals surface area contributed by atoms with Crippen LogP contribution in [-0.2, 0) is 4.79 Å². The lowest BCUT2D eigenvalue weighted by atomic mass is 9.94. The van der Waals surface area contributed by atoms with Crippen LogP contribution in [0.3, 0.4) is 0 Å². The van der Waals surface area contributed by atoms with Gasteiger partial charge < -0.3 is 5.11 Å². The molecule has 1 atom stereocenters. The molecule has 0 spiro atoms. The number of hydrogen-bond donors (Lipinski definition) is 1. The van der Waals surface area contributed by atoms with Crippen molar-refractivity contribution in [3.05, 3.63) is 35.4 Å². The van der Waals surface area contributed by atoms with Crippen LogP contribution in [0.5, 0.6) is 0 Å². The van der Waals surface area contributed by atoms with E-state index in [1.54, 1.807) is 0 Å². The quantitative estimate of drug-likeness (QED) is 0.835. The molecule has 0 saturated heterocycles. The summed E-state index contributed by atoms with van der Waals surface area (Å²) in [6.07, 6.45) is 1.69. The summed E-state index contributed by atoms with van der Waals surface area (Å²) < 4.78 is 25.6. The van der Waals surface area contributed by atoms with Gasteiger partial charge in [0.2, 0.25) is 0 Å². The van der Waals surface area contributed by atoms with Gasteiger partial charge in [0.15, 0.2) is 11.6 Å². The van der Waals surface area contributed by atoms with E-state index in [-0.39, 0.29) is 5.92 Å². The first kappa shape index (κ1) is 10.1. The Bertz CT molecular complexity index is 400. The number of carboxylic acids is 1. The lowest BCUT2D eigenvalue weighted by molar-refractivity contribution is -0.139. The predicted molar refractivity (Wildman–Crippen MR) is 49.5 cm³/mol. The first-order chi connectivity index (χ1) is 7.09. The molecule has 0 radical (unpaired) electrons. The number of hydrogen-bond acceptors (Lipinski definition) is 1. The Labute approximate surface area is 85.5 Å². The van der Waals surface area contributed by atoms with Gasteiger partial charge in [0.1, 0.15) is 0 Å². The van der Waals surface area contributed by atoms with Crippen LogP contribution in [0, 0.1) is 17.6 Å². The van der Waals surface area contributed by atoms with Crippen molar-refractivity contribution >= 4 is 5.97 Å². The second-order valence-corrected chi connectivity index (χ2v) is 3.83. The van der Waals surface area contributed by atoms with E-state index < -0.39 is 23.5 Å². The van der Waals surface area contributed by atoms with Gasteiger partial charge in [-0.3, -0.25) is 4.79 Å². The number of carboxylic acid groups (broad SMARTS) is 1. The molecule has 1 aliphatic carbocycles. The van der Waals surface area contributed by atoms with E-state index >= 15 is 0 Å². The van der Waals surface area contributed by atoms with Crippen LogP contribution in [0.2, 0.25) is 0 Å². The van der Waals surface area contributed by atoms with Crippen LogP contribution in [0.25, 0.3) is 0 Å². The minimum Gasteiger partial charge on any atom is -0.481 e. The topological polar surface area (TPSA) is 37.3 Å². The molecule has 4 heteroatoms. The highest BCUT2D eigenvalue weighted by Crippen LogP contribution is 2.42. The summed E-state index contributed by atoms with van der Waals surface area (Å²) in [5.41, 5.74) is 0.351. The SMILES string of the molecule is O=C(O)C(c1ccc(F)c(F)c1)C1CC1. The Kier molecular flexibility index (Phi) is 2.42. The molecule has 15 heavy (non-hydrogen) atoms. The average molecular weight is 212 g/mol. The molecule has 0 bridgehead atoms. The Hall–Kier alpha value is -1.45. The lowest BCUT2D eigenvalue weighted by Crippen LogP contribution is -2.14. The van der Waals surface area contributed by atoms with Crippen LogP contribution in [0.15, 0.2) is 18.2 Å². The van der Waals surface area contributed by atoms with Gasteiger partial charge in [-0.2, -0.15) is 0 Å². The van der Waals surface area contributed by atoms with Crippen molar-refractivity contribution in [1.82, 2.24) is 0 Å². The molecule has 1 aromatic carbocycles. The molecule has 1 unspecified atom stereocenters. The molecule has 0 heterocycles. The van der Waals surface area contributed by atoms with Crippen molar-refractivity contribution in [3.63, 3.8) is 0 Å². The minimum absolute atomic E-state index is 0.0763. The van der Waals surface area contributed by atoms with Crippen LogP contribution in [0.1, 0.15) is 24.3 Å². The van der Waals surface area contributed by atoms with E-state index in [0.29, 0.717) is 5.56 Å². The van der Waals surface area contributed by atoms with E-state index in [1.807, 2.05) is 0 Å². The highest BCUT2D eigenvalue weighted by atomic mass is 19.2. The van der Waals surface area contributed by atoms with E-state index in [1.165, 1.54) is 6.07 Å². The Morgan fingerprint density at radius 2 is 2.00 bits per heavy atom. The molecule has 2 rings (SSSR count). The van der Waals surface area contributed by atoms with Gasteiger partial charge in [-0.25, -0.2) is 8.78 Å². The van der Waals surface area contributed by atoms with Crippen molar-refractivity contribution in [2.75, 3.05) is 0 Å². The maximum atomic E-state index is 12.9. The predicted octanol–water partition coefficient (Wildman–Crippen LogP) is 2.54. The molecule has 80 valence electrons. The van der Waals surface area contributed by atoms with Gasteiger partial charge in [-0.05, 0) is 36.5 Å². The third kappa shape index (κ3) is 1.98. The largest absolute Gasteiger partial charge is 0.481 e. The highest BCUT2D eigenvalue weighted by Gasteiger charge is 2.37. The highest BCUT2D eigenvalue weighted by molar-refractivity contribution is 5.77. The Balaban J connectivity index is 2.33. The summed E-state index contributed by atoms with van der Waals surface area (Å²) in [4.78, 5) is 11.0. The third-order valence-electron chi connectivity index (χ3n) is 2.66.